The minimum absolute atomic E-state index is 0.155. The summed E-state index contributed by atoms with van der Waals surface area (Å²) in [4.78, 5) is 2.54. The molecule has 0 bridgehead atoms. The molecule has 0 aromatic heterocycles. The summed E-state index contributed by atoms with van der Waals surface area (Å²) in [7, 11) is 0. The van der Waals surface area contributed by atoms with Crippen LogP contribution in [0.3, 0.4) is 0 Å². The lowest BCUT2D eigenvalue weighted by Gasteiger charge is -2.34. The first-order chi connectivity index (χ1) is 9.66. The number of rotatable bonds is 3. The molecule has 0 spiro atoms. The molecule has 2 saturated heterocycles. The first kappa shape index (κ1) is 14.0. The van der Waals surface area contributed by atoms with Gasteiger partial charge >= 0.3 is 0 Å². The van der Waals surface area contributed by atoms with Crippen LogP contribution in [0, 0.1) is 11.6 Å². The van der Waals surface area contributed by atoms with Crippen LogP contribution in [0.1, 0.15) is 44.2 Å². The van der Waals surface area contributed by atoms with E-state index >= 15 is 0 Å². The zero-order valence-electron chi connectivity index (χ0n) is 11.9. The van der Waals surface area contributed by atoms with Crippen molar-refractivity contribution in [1.29, 1.82) is 0 Å². The Kier molecular flexibility index (Phi) is 4.03. The number of nitrogens with zero attached hydrogens (tertiary/aromatic N) is 1. The van der Waals surface area contributed by atoms with E-state index in [2.05, 4.69) is 10.2 Å². The Bertz CT molecular complexity index is 478. The molecule has 3 unspecified atom stereocenters. The smallest absolute Gasteiger partial charge is 0.163 e. The van der Waals surface area contributed by atoms with Crippen LogP contribution in [0.4, 0.5) is 8.78 Å². The van der Waals surface area contributed by atoms with Crippen LogP contribution < -0.4 is 5.32 Å². The summed E-state index contributed by atoms with van der Waals surface area (Å²) in [6.07, 6.45) is 4.89. The highest BCUT2D eigenvalue weighted by molar-refractivity contribution is 5.22. The molecule has 0 saturated carbocycles. The molecule has 0 amide bonds. The van der Waals surface area contributed by atoms with Crippen molar-refractivity contribution in [3.8, 4) is 0 Å². The van der Waals surface area contributed by atoms with Crippen molar-refractivity contribution in [3.63, 3.8) is 0 Å². The fourth-order valence-electron chi connectivity index (χ4n) is 3.71. The number of hydrogen-bond acceptors (Lipinski definition) is 2. The van der Waals surface area contributed by atoms with Crippen molar-refractivity contribution in [2.75, 3.05) is 13.1 Å². The van der Waals surface area contributed by atoms with Crippen LogP contribution >= 0.6 is 0 Å². The zero-order chi connectivity index (χ0) is 14.1. The number of benzene rings is 1. The van der Waals surface area contributed by atoms with Gasteiger partial charge in [-0.25, -0.2) is 8.78 Å². The average molecular weight is 280 g/mol. The summed E-state index contributed by atoms with van der Waals surface area (Å²) in [5.41, 5.74) is 0.430. The summed E-state index contributed by atoms with van der Waals surface area (Å²) in [5.74, 6) is -1.48. The van der Waals surface area contributed by atoms with E-state index in [4.69, 9.17) is 0 Å². The number of nitrogens with one attached hydrogen (secondary N) is 1. The second-order valence-electron chi connectivity index (χ2n) is 6.03. The Morgan fingerprint density at radius 1 is 1.20 bits per heavy atom. The summed E-state index contributed by atoms with van der Waals surface area (Å²) in [6.45, 7) is 4.23. The molecule has 3 atom stereocenters. The highest BCUT2D eigenvalue weighted by Crippen LogP contribution is 2.29. The molecule has 1 aromatic rings. The van der Waals surface area contributed by atoms with Crippen molar-refractivity contribution in [1.82, 2.24) is 10.2 Å². The summed E-state index contributed by atoms with van der Waals surface area (Å²) in [5, 5.41) is 3.51. The third kappa shape index (κ3) is 2.59. The zero-order valence-corrected chi connectivity index (χ0v) is 11.9. The van der Waals surface area contributed by atoms with E-state index in [1.54, 1.807) is 12.1 Å². The van der Waals surface area contributed by atoms with Crippen molar-refractivity contribution >= 4 is 0 Å². The van der Waals surface area contributed by atoms with Crippen LogP contribution in [0.25, 0.3) is 0 Å². The van der Waals surface area contributed by atoms with Gasteiger partial charge in [0.2, 0.25) is 0 Å². The molecule has 20 heavy (non-hydrogen) atoms. The van der Waals surface area contributed by atoms with Crippen molar-refractivity contribution in [3.05, 3.63) is 35.4 Å². The third-order valence-electron chi connectivity index (χ3n) is 4.77. The van der Waals surface area contributed by atoms with Gasteiger partial charge < -0.3 is 5.32 Å². The van der Waals surface area contributed by atoms with Gasteiger partial charge in [0.15, 0.2) is 11.6 Å². The fourth-order valence-corrected chi connectivity index (χ4v) is 3.71. The average Bonchev–Trinajstić information content (AvgIpc) is 2.85. The van der Waals surface area contributed by atoms with E-state index in [1.807, 2.05) is 6.92 Å². The van der Waals surface area contributed by atoms with Gasteiger partial charge in [0.1, 0.15) is 0 Å². The highest BCUT2D eigenvalue weighted by Gasteiger charge is 2.36. The van der Waals surface area contributed by atoms with Gasteiger partial charge in [0, 0.05) is 30.2 Å². The SMILES string of the molecule is CC(NC1CCN2CCCCC12)c1cccc(F)c1F. The van der Waals surface area contributed by atoms with Gasteiger partial charge in [-0.3, -0.25) is 4.90 Å². The third-order valence-corrected chi connectivity index (χ3v) is 4.77. The number of hydrogen-bond donors (Lipinski definition) is 1. The van der Waals surface area contributed by atoms with Gasteiger partial charge in [-0.1, -0.05) is 18.6 Å². The molecule has 1 aromatic carbocycles. The Hall–Kier alpha value is -1.00. The van der Waals surface area contributed by atoms with Crippen LogP contribution in [0.5, 0.6) is 0 Å². The molecule has 4 heteroatoms. The first-order valence-electron chi connectivity index (χ1n) is 7.61. The second-order valence-corrected chi connectivity index (χ2v) is 6.03. The van der Waals surface area contributed by atoms with E-state index in [1.165, 1.54) is 31.9 Å². The van der Waals surface area contributed by atoms with Crippen molar-refractivity contribution in [2.24, 2.45) is 0 Å². The van der Waals surface area contributed by atoms with Gasteiger partial charge in [-0.15, -0.1) is 0 Å². The fraction of sp³-hybridized carbons (Fsp3) is 0.625. The largest absolute Gasteiger partial charge is 0.306 e. The van der Waals surface area contributed by atoms with Crippen molar-refractivity contribution < 1.29 is 8.78 Å². The quantitative estimate of drug-likeness (QED) is 0.914. The number of halogens is 2. The van der Waals surface area contributed by atoms with Crippen LogP contribution in [0.2, 0.25) is 0 Å². The summed E-state index contributed by atoms with van der Waals surface area (Å²) >= 11 is 0. The molecule has 2 fully saturated rings. The van der Waals surface area contributed by atoms with E-state index < -0.39 is 11.6 Å². The molecule has 2 aliphatic heterocycles. The monoisotopic (exact) mass is 280 g/mol. The summed E-state index contributed by atoms with van der Waals surface area (Å²) < 4.78 is 27.1. The lowest BCUT2D eigenvalue weighted by Crippen LogP contribution is -2.45. The predicted molar refractivity (Wildman–Crippen MR) is 75.5 cm³/mol. The van der Waals surface area contributed by atoms with E-state index in [9.17, 15) is 8.78 Å². The van der Waals surface area contributed by atoms with Crippen LogP contribution in [-0.4, -0.2) is 30.1 Å². The molecule has 0 radical (unpaired) electrons. The maximum absolute atomic E-state index is 13.8. The summed E-state index contributed by atoms with van der Waals surface area (Å²) in [6, 6.07) is 5.23. The topological polar surface area (TPSA) is 15.3 Å². The second kappa shape index (κ2) is 5.78. The first-order valence-corrected chi connectivity index (χ1v) is 7.61. The molecular weight excluding hydrogens is 258 g/mol. The Morgan fingerprint density at radius 2 is 2.05 bits per heavy atom. The number of piperidine rings is 1. The normalized spacial score (nSPS) is 28.4. The molecular formula is C16H22F2N2. The Morgan fingerprint density at radius 3 is 2.90 bits per heavy atom. The van der Waals surface area contributed by atoms with Crippen LogP contribution in [0.15, 0.2) is 18.2 Å². The molecule has 2 nitrogen and oxygen atoms in total. The lowest BCUT2D eigenvalue weighted by molar-refractivity contribution is 0.177. The Labute approximate surface area is 119 Å². The van der Waals surface area contributed by atoms with Gasteiger partial charge in [0.05, 0.1) is 0 Å². The lowest BCUT2D eigenvalue weighted by atomic mass is 9.97. The van der Waals surface area contributed by atoms with Gasteiger partial charge in [0.25, 0.3) is 0 Å². The Balaban J connectivity index is 1.69. The van der Waals surface area contributed by atoms with Gasteiger partial charge in [-0.05, 0) is 38.8 Å². The van der Waals surface area contributed by atoms with Gasteiger partial charge in [-0.2, -0.15) is 0 Å². The minimum atomic E-state index is -0.762. The van der Waals surface area contributed by atoms with E-state index in [0.717, 1.165) is 13.0 Å². The van der Waals surface area contributed by atoms with Crippen molar-refractivity contribution in [2.45, 2.75) is 50.7 Å². The maximum Gasteiger partial charge on any atom is 0.163 e. The molecule has 1 N–H and O–H groups in total. The predicted octanol–water partition coefficient (Wildman–Crippen LogP) is 3.24. The molecule has 110 valence electrons. The molecule has 3 rings (SSSR count). The number of fused-ring (bicyclic) bond motifs is 1. The maximum atomic E-state index is 13.8. The standard InChI is InChI=1S/C16H22F2N2/c1-11(12-5-4-6-13(17)16(12)18)19-14-8-10-20-9-3-2-7-15(14)20/h4-6,11,14-15,19H,2-3,7-10H2,1H3. The van der Waals surface area contributed by atoms with E-state index in [-0.39, 0.29) is 6.04 Å². The highest BCUT2D eigenvalue weighted by atomic mass is 19.2. The van der Waals surface area contributed by atoms with E-state index in [0.29, 0.717) is 17.6 Å². The molecule has 0 aliphatic carbocycles. The molecule has 2 aliphatic rings. The minimum Gasteiger partial charge on any atom is -0.306 e. The van der Waals surface area contributed by atoms with Crippen LogP contribution in [-0.2, 0) is 0 Å². The molecule has 2 heterocycles.